The van der Waals surface area contributed by atoms with Crippen LogP contribution in [0.3, 0.4) is 0 Å². The van der Waals surface area contributed by atoms with Crippen molar-refractivity contribution < 1.29 is 4.79 Å². The minimum atomic E-state index is 0.0204. The van der Waals surface area contributed by atoms with Crippen LogP contribution in [0.5, 0.6) is 0 Å². The average molecular weight is 439 g/mol. The number of benzene rings is 3. The fourth-order valence-corrected chi connectivity index (χ4v) is 4.82. The Bertz CT molecular complexity index is 1300. The number of aromatic nitrogens is 2. The third-order valence-electron chi connectivity index (χ3n) is 6.68. The molecule has 1 aromatic heterocycles. The SMILES string of the molecule is N=c1n(CCN2CCCCC2)c2ccccc2n1CC(=O)c1ccc(-c2ccccc2)cc1. The molecule has 5 rings (SSSR count). The normalized spacial score (nSPS) is 14.5. The van der Waals surface area contributed by atoms with E-state index >= 15 is 0 Å². The molecule has 0 aliphatic carbocycles. The topological polar surface area (TPSA) is 54.0 Å². The number of hydrogen-bond donors (Lipinski definition) is 1. The number of piperidine rings is 1. The summed E-state index contributed by atoms with van der Waals surface area (Å²) in [5, 5.41) is 8.85. The van der Waals surface area contributed by atoms with Crippen LogP contribution in [0.4, 0.5) is 0 Å². The van der Waals surface area contributed by atoms with E-state index in [0.717, 1.165) is 48.3 Å². The minimum absolute atomic E-state index is 0.0204. The molecule has 1 saturated heterocycles. The van der Waals surface area contributed by atoms with Gasteiger partial charge in [0.1, 0.15) is 0 Å². The van der Waals surface area contributed by atoms with Gasteiger partial charge in [-0.3, -0.25) is 10.2 Å². The number of para-hydroxylation sites is 2. The molecular formula is C28H30N4O. The molecule has 0 atom stereocenters. The van der Waals surface area contributed by atoms with Crippen molar-refractivity contribution in [3.63, 3.8) is 0 Å². The van der Waals surface area contributed by atoms with E-state index in [4.69, 9.17) is 5.41 Å². The molecule has 4 aromatic rings. The Morgan fingerprint density at radius 3 is 2.00 bits per heavy atom. The number of nitrogens with zero attached hydrogens (tertiary/aromatic N) is 3. The maximum Gasteiger partial charge on any atom is 0.203 e. The number of hydrogen-bond acceptors (Lipinski definition) is 3. The molecule has 1 N–H and O–H groups in total. The highest BCUT2D eigenvalue weighted by atomic mass is 16.1. The molecule has 0 unspecified atom stereocenters. The second-order valence-corrected chi connectivity index (χ2v) is 8.82. The van der Waals surface area contributed by atoms with Gasteiger partial charge in [-0.25, -0.2) is 0 Å². The first kappa shape index (κ1) is 21.4. The van der Waals surface area contributed by atoms with Crippen LogP contribution in [-0.2, 0) is 13.1 Å². The summed E-state index contributed by atoms with van der Waals surface area (Å²) >= 11 is 0. The highest BCUT2D eigenvalue weighted by Crippen LogP contribution is 2.20. The van der Waals surface area contributed by atoms with Crippen molar-refractivity contribution in [2.75, 3.05) is 19.6 Å². The first-order valence-corrected chi connectivity index (χ1v) is 11.8. The second kappa shape index (κ2) is 9.59. The molecule has 1 aliphatic rings. The van der Waals surface area contributed by atoms with Gasteiger partial charge >= 0.3 is 0 Å². The van der Waals surface area contributed by atoms with Crippen LogP contribution in [0.15, 0.2) is 78.9 Å². The van der Waals surface area contributed by atoms with Crippen molar-refractivity contribution in [2.24, 2.45) is 0 Å². The van der Waals surface area contributed by atoms with Crippen molar-refractivity contribution in [3.05, 3.63) is 90.0 Å². The molecule has 2 heterocycles. The van der Waals surface area contributed by atoms with E-state index in [2.05, 4.69) is 27.7 Å². The van der Waals surface area contributed by atoms with Crippen LogP contribution >= 0.6 is 0 Å². The van der Waals surface area contributed by atoms with E-state index in [1.807, 2.05) is 65.2 Å². The van der Waals surface area contributed by atoms with E-state index in [-0.39, 0.29) is 12.3 Å². The molecule has 33 heavy (non-hydrogen) atoms. The monoisotopic (exact) mass is 438 g/mol. The maximum atomic E-state index is 13.2. The van der Waals surface area contributed by atoms with Gasteiger partial charge in [0.15, 0.2) is 5.78 Å². The van der Waals surface area contributed by atoms with Crippen LogP contribution in [0.1, 0.15) is 29.6 Å². The first-order valence-electron chi connectivity index (χ1n) is 11.8. The molecule has 0 radical (unpaired) electrons. The smallest absolute Gasteiger partial charge is 0.203 e. The number of rotatable bonds is 7. The van der Waals surface area contributed by atoms with Crippen LogP contribution in [0, 0.1) is 5.41 Å². The predicted molar refractivity (Wildman–Crippen MR) is 132 cm³/mol. The van der Waals surface area contributed by atoms with Gasteiger partial charge in [0, 0.05) is 18.7 Å². The number of nitrogens with one attached hydrogen (secondary N) is 1. The lowest BCUT2D eigenvalue weighted by Gasteiger charge is -2.26. The number of fused-ring (bicyclic) bond motifs is 1. The van der Waals surface area contributed by atoms with Gasteiger partial charge < -0.3 is 14.0 Å². The number of likely N-dealkylation sites (tertiary alicyclic amines) is 1. The standard InChI is InChI=1S/C28H30N4O/c29-28-31(20-19-30-17-7-2-8-18-30)25-11-5-6-12-26(25)32(28)21-27(33)24-15-13-23(14-16-24)22-9-3-1-4-10-22/h1,3-6,9-16,29H,2,7-8,17-21H2. The fraction of sp³-hybridized carbons (Fsp3) is 0.286. The van der Waals surface area contributed by atoms with Gasteiger partial charge in [-0.15, -0.1) is 0 Å². The molecule has 5 nitrogen and oxygen atoms in total. The van der Waals surface area contributed by atoms with Crippen molar-refractivity contribution in [1.82, 2.24) is 14.0 Å². The summed E-state index contributed by atoms with van der Waals surface area (Å²) in [6, 6.07) is 26.0. The highest BCUT2D eigenvalue weighted by Gasteiger charge is 2.16. The van der Waals surface area contributed by atoms with Gasteiger partial charge in [0.2, 0.25) is 5.62 Å². The summed E-state index contributed by atoms with van der Waals surface area (Å²) in [6.07, 6.45) is 3.84. The molecule has 0 amide bonds. The molecular weight excluding hydrogens is 408 g/mol. The average Bonchev–Trinajstić information content (AvgIpc) is 3.14. The lowest BCUT2D eigenvalue weighted by molar-refractivity contribution is 0.0971. The van der Waals surface area contributed by atoms with E-state index in [1.54, 1.807) is 0 Å². The van der Waals surface area contributed by atoms with Crippen LogP contribution in [0.25, 0.3) is 22.2 Å². The van der Waals surface area contributed by atoms with Crippen molar-refractivity contribution in [3.8, 4) is 11.1 Å². The van der Waals surface area contributed by atoms with E-state index < -0.39 is 0 Å². The summed E-state index contributed by atoms with van der Waals surface area (Å²) in [5.74, 6) is 0.0204. The quantitative estimate of drug-likeness (QED) is 0.415. The molecule has 0 saturated carbocycles. The summed E-state index contributed by atoms with van der Waals surface area (Å²) in [6.45, 7) is 4.17. The molecule has 168 valence electrons. The lowest BCUT2D eigenvalue weighted by Crippen LogP contribution is -2.35. The zero-order valence-corrected chi connectivity index (χ0v) is 18.9. The van der Waals surface area contributed by atoms with E-state index in [1.165, 1.54) is 19.3 Å². The van der Waals surface area contributed by atoms with Gasteiger partial charge in [-0.2, -0.15) is 0 Å². The van der Waals surface area contributed by atoms with Crippen molar-refractivity contribution in [2.45, 2.75) is 32.4 Å². The Morgan fingerprint density at radius 2 is 1.30 bits per heavy atom. The van der Waals surface area contributed by atoms with Crippen molar-refractivity contribution in [1.29, 1.82) is 5.41 Å². The first-order chi connectivity index (χ1) is 16.2. The Balaban J connectivity index is 1.37. The Hall–Kier alpha value is -3.44. The largest absolute Gasteiger partial charge is 0.309 e. The number of imidazole rings is 1. The molecule has 1 aliphatic heterocycles. The summed E-state index contributed by atoms with van der Waals surface area (Å²) < 4.78 is 3.90. The van der Waals surface area contributed by atoms with Gasteiger partial charge in [-0.05, 0) is 49.2 Å². The van der Waals surface area contributed by atoms with Gasteiger partial charge in [0.05, 0.1) is 17.6 Å². The minimum Gasteiger partial charge on any atom is -0.309 e. The Kier molecular flexibility index (Phi) is 6.22. The zero-order valence-electron chi connectivity index (χ0n) is 18.9. The number of Topliss-reactive ketones (excluding diaryl/α,β-unsaturated/α-hetero) is 1. The third kappa shape index (κ3) is 4.55. The Morgan fingerprint density at radius 1 is 0.697 bits per heavy atom. The molecule has 0 spiro atoms. The number of ketones is 1. The summed E-state index contributed by atoms with van der Waals surface area (Å²) in [4.78, 5) is 15.6. The Labute approximate surface area is 194 Å². The molecule has 3 aromatic carbocycles. The van der Waals surface area contributed by atoms with Gasteiger partial charge in [-0.1, -0.05) is 73.2 Å². The number of carbonyl (C=O) groups excluding carboxylic acids is 1. The highest BCUT2D eigenvalue weighted by molar-refractivity contribution is 5.97. The maximum absolute atomic E-state index is 13.2. The summed E-state index contributed by atoms with van der Waals surface area (Å²) in [7, 11) is 0. The molecule has 1 fully saturated rings. The molecule has 5 heteroatoms. The van der Waals surface area contributed by atoms with Crippen LogP contribution in [0.2, 0.25) is 0 Å². The van der Waals surface area contributed by atoms with Crippen LogP contribution in [-0.4, -0.2) is 39.5 Å². The zero-order chi connectivity index (χ0) is 22.6. The van der Waals surface area contributed by atoms with E-state index in [0.29, 0.717) is 11.2 Å². The third-order valence-corrected chi connectivity index (χ3v) is 6.68. The fourth-order valence-electron chi connectivity index (χ4n) is 4.82. The molecule has 0 bridgehead atoms. The second-order valence-electron chi connectivity index (χ2n) is 8.82. The van der Waals surface area contributed by atoms with Crippen molar-refractivity contribution >= 4 is 16.8 Å². The summed E-state index contributed by atoms with van der Waals surface area (Å²) in [5.41, 5.74) is 5.25. The van der Waals surface area contributed by atoms with Crippen LogP contribution < -0.4 is 5.62 Å². The van der Waals surface area contributed by atoms with E-state index in [9.17, 15) is 4.79 Å². The lowest BCUT2D eigenvalue weighted by atomic mass is 10.0. The predicted octanol–water partition coefficient (Wildman–Crippen LogP) is 4.96. The number of carbonyl (C=O) groups is 1. The van der Waals surface area contributed by atoms with Gasteiger partial charge in [0.25, 0.3) is 0 Å².